The van der Waals surface area contributed by atoms with Crippen LogP contribution in [0.1, 0.15) is 24.8 Å². The van der Waals surface area contributed by atoms with Gasteiger partial charge in [-0.3, -0.25) is 4.79 Å². The summed E-state index contributed by atoms with van der Waals surface area (Å²) < 4.78 is 5.26. The van der Waals surface area contributed by atoms with Crippen molar-refractivity contribution in [1.82, 2.24) is 10.2 Å². The Morgan fingerprint density at radius 3 is 2.95 bits per heavy atom. The van der Waals surface area contributed by atoms with Crippen LogP contribution in [0.5, 0.6) is 5.75 Å². The lowest BCUT2D eigenvalue weighted by Crippen LogP contribution is -2.38. The van der Waals surface area contributed by atoms with Crippen molar-refractivity contribution >= 4 is 5.91 Å². The SMILES string of the molecule is COc1cccc(CN(C(=O)C2=CCCNC2)C2CC2)c1. The topological polar surface area (TPSA) is 41.6 Å². The zero-order valence-corrected chi connectivity index (χ0v) is 12.5. The third kappa shape index (κ3) is 3.45. The second-order valence-corrected chi connectivity index (χ2v) is 5.71. The average molecular weight is 286 g/mol. The van der Waals surface area contributed by atoms with Crippen LogP contribution in [-0.2, 0) is 11.3 Å². The first kappa shape index (κ1) is 14.1. The molecule has 0 bridgehead atoms. The van der Waals surface area contributed by atoms with Crippen LogP contribution in [0.25, 0.3) is 0 Å². The number of nitrogens with zero attached hydrogens (tertiary/aromatic N) is 1. The van der Waals surface area contributed by atoms with Crippen LogP contribution >= 0.6 is 0 Å². The molecule has 21 heavy (non-hydrogen) atoms. The molecule has 1 aliphatic carbocycles. The van der Waals surface area contributed by atoms with Crippen LogP contribution in [0.2, 0.25) is 0 Å². The Bertz CT molecular complexity index is 549. The van der Waals surface area contributed by atoms with Crippen LogP contribution in [0, 0.1) is 0 Å². The lowest BCUT2D eigenvalue weighted by Gasteiger charge is -2.25. The van der Waals surface area contributed by atoms with Gasteiger partial charge in [-0.1, -0.05) is 18.2 Å². The molecule has 0 saturated heterocycles. The fourth-order valence-corrected chi connectivity index (χ4v) is 2.71. The fraction of sp³-hybridized carbons (Fsp3) is 0.471. The van der Waals surface area contributed by atoms with E-state index in [0.29, 0.717) is 19.1 Å². The lowest BCUT2D eigenvalue weighted by atomic mass is 10.1. The van der Waals surface area contributed by atoms with Gasteiger partial charge >= 0.3 is 0 Å². The maximum absolute atomic E-state index is 12.7. The predicted octanol–water partition coefficient (Wildman–Crippen LogP) is 2.11. The Balaban J connectivity index is 1.75. The van der Waals surface area contributed by atoms with Gasteiger partial charge < -0.3 is 15.0 Å². The second kappa shape index (κ2) is 6.31. The van der Waals surface area contributed by atoms with Gasteiger partial charge in [-0.2, -0.15) is 0 Å². The molecule has 3 rings (SSSR count). The number of hydrogen-bond acceptors (Lipinski definition) is 3. The molecule has 0 radical (unpaired) electrons. The van der Waals surface area contributed by atoms with Crippen molar-refractivity contribution in [3.05, 3.63) is 41.5 Å². The van der Waals surface area contributed by atoms with E-state index in [1.807, 2.05) is 23.1 Å². The summed E-state index contributed by atoms with van der Waals surface area (Å²) in [5, 5.41) is 3.28. The maximum atomic E-state index is 12.7. The molecular weight excluding hydrogens is 264 g/mol. The first-order chi connectivity index (χ1) is 10.3. The molecule has 1 aromatic rings. The van der Waals surface area contributed by atoms with Gasteiger partial charge in [0.05, 0.1) is 7.11 Å². The van der Waals surface area contributed by atoms with Gasteiger partial charge in [0, 0.05) is 24.7 Å². The van der Waals surface area contributed by atoms with E-state index < -0.39 is 0 Å². The van der Waals surface area contributed by atoms with Crippen LogP contribution in [-0.4, -0.2) is 37.0 Å². The number of carbonyl (C=O) groups is 1. The van der Waals surface area contributed by atoms with E-state index in [-0.39, 0.29) is 5.91 Å². The highest BCUT2D eigenvalue weighted by Gasteiger charge is 2.33. The Morgan fingerprint density at radius 1 is 1.43 bits per heavy atom. The number of hydrogen-bond donors (Lipinski definition) is 1. The van der Waals surface area contributed by atoms with Crippen LogP contribution < -0.4 is 10.1 Å². The standard InChI is InChI=1S/C17H22N2O2/c1-21-16-6-2-4-13(10-16)12-19(15-7-8-15)17(20)14-5-3-9-18-11-14/h2,4-6,10,15,18H,3,7-9,11-12H2,1H3. The van der Waals surface area contributed by atoms with Crippen LogP contribution in [0.3, 0.4) is 0 Å². The highest BCUT2D eigenvalue weighted by Crippen LogP contribution is 2.30. The molecule has 1 amide bonds. The molecule has 4 nitrogen and oxygen atoms in total. The van der Waals surface area contributed by atoms with Crippen molar-refractivity contribution in [3.8, 4) is 5.75 Å². The molecule has 1 aliphatic heterocycles. The molecule has 4 heteroatoms. The van der Waals surface area contributed by atoms with Crippen LogP contribution in [0.4, 0.5) is 0 Å². The van der Waals surface area contributed by atoms with Crippen molar-refractivity contribution in [1.29, 1.82) is 0 Å². The van der Waals surface area contributed by atoms with E-state index in [1.165, 1.54) is 0 Å². The molecule has 0 aromatic heterocycles. The minimum atomic E-state index is 0.188. The summed E-state index contributed by atoms with van der Waals surface area (Å²) in [6, 6.07) is 8.38. The lowest BCUT2D eigenvalue weighted by molar-refractivity contribution is -0.128. The number of methoxy groups -OCH3 is 1. The molecule has 1 fully saturated rings. The fourth-order valence-electron chi connectivity index (χ4n) is 2.71. The van der Waals surface area contributed by atoms with E-state index in [9.17, 15) is 4.79 Å². The smallest absolute Gasteiger partial charge is 0.251 e. The highest BCUT2D eigenvalue weighted by molar-refractivity contribution is 5.94. The Kier molecular flexibility index (Phi) is 4.25. The third-order valence-corrected chi connectivity index (χ3v) is 4.04. The molecule has 1 saturated carbocycles. The minimum Gasteiger partial charge on any atom is -0.497 e. The van der Waals surface area contributed by atoms with E-state index in [4.69, 9.17) is 4.74 Å². The number of rotatable bonds is 5. The van der Waals surface area contributed by atoms with E-state index in [1.54, 1.807) is 7.11 Å². The number of amides is 1. The minimum absolute atomic E-state index is 0.188. The van der Waals surface area contributed by atoms with Crippen molar-refractivity contribution in [2.24, 2.45) is 0 Å². The molecule has 1 aromatic carbocycles. The summed E-state index contributed by atoms with van der Waals surface area (Å²) in [7, 11) is 1.67. The van der Waals surface area contributed by atoms with Gasteiger partial charge in [0.25, 0.3) is 5.91 Å². The van der Waals surface area contributed by atoms with Crippen molar-refractivity contribution < 1.29 is 9.53 Å². The summed E-state index contributed by atoms with van der Waals surface area (Å²) in [4.78, 5) is 14.7. The second-order valence-electron chi connectivity index (χ2n) is 5.71. The summed E-state index contributed by atoms with van der Waals surface area (Å²) in [6.07, 6.45) is 5.27. The first-order valence-electron chi connectivity index (χ1n) is 7.61. The summed E-state index contributed by atoms with van der Waals surface area (Å²) in [5.41, 5.74) is 2.04. The van der Waals surface area contributed by atoms with Gasteiger partial charge in [0.15, 0.2) is 0 Å². The van der Waals surface area contributed by atoms with E-state index in [0.717, 1.165) is 42.7 Å². The number of carbonyl (C=O) groups excluding carboxylic acids is 1. The molecular formula is C17H22N2O2. The molecule has 112 valence electrons. The van der Waals surface area contributed by atoms with Gasteiger partial charge in [0.2, 0.25) is 0 Å². The molecule has 1 heterocycles. The van der Waals surface area contributed by atoms with Crippen molar-refractivity contribution in [2.75, 3.05) is 20.2 Å². The molecule has 2 aliphatic rings. The number of benzene rings is 1. The zero-order valence-electron chi connectivity index (χ0n) is 12.5. The van der Waals surface area contributed by atoms with Crippen molar-refractivity contribution in [3.63, 3.8) is 0 Å². The normalized spacial score (nSPS) is 18.0. The number of nitrogens with one attached hydrogen (secondary N) is 1. The number of ether oxygens (including phenoxy) is 1. The maximum Gasteiger partial charge on any atom is 0.251 e. The Hall–Kier alpha value is -1.81. The summed E-state index contributed by atoms with van der Waals surface area (Å²) in [6.45, 7) is 2.33. The Labute approximate surface area is 125 Å². The van der Waals surface area contributed by atoms with E-state index in [2.05, 4.69) is 17.5 Å². The van der Waals surface area contributed by atoms with Gasteiger partial charge in [-0.25, -0.2) is 0 Å². The zero-order chi connectivity index (χ0) is 14.7. The first-order valence-corrected chi connectivity index (χ1v) is 7.61. The highest BCUT2D eigenvalue weighted by atomic mass is 16.5. The third-order valence-electron chi connectivity index (χ3n) is 4.04. The molecule has 0 unspecified atom stereocenters. The van der Waals surface area contributed by atoms with Crippen LogP contribution in [0.15, 0.2) is 35.9 Å². The molecule has 1 N–H and O–H groups in total. The molecule has 0 spiro atoms. The van der Waals surface area contributed by atoms with Gasteiger partial charge in [0.1, 0.15) is 5.75 Å². The van der Waals surface area contributed by atoms with Gasteiger partial charge in [-0.15, -0.1) is 0 Å². The molecule has 0 atom stereocenters. The Morgan fingerprint density at radius 2 is 2.29 bits per heavy atom. The largest absolute Gasteiger partial charge is 0.497 e. The predicted molar refractivity (Wildman–Crippen MR) is 82.1 cm³/mol. The quantitative estimate of drug-likeness (QED) is 0.901. The summed E-state index contributed by atoms with van der Waals surface area (Å²) >= 11 is 0. The van der Waals surface area contributed by atoms with E-state index >= 15 is 0 Å². The average Bonchev–Trinajstić information content (AvgIpc) is 3.38. The van der Waals surface area contributed by atoms with Crippen molar-refractivity contribution in [2.45, 2.75) is 31.8 Å². The van der Waals surface area contributed by atoms with Gasteiger partial charge in [-0.05, 0) is 43.5 Å². The monoisotopic (exact) mass is 286 g/mol. The summed E-state index contributed by atoms with van der Waals surface area (Å²) in [5.74, 6) is 1.03.